The Morgan fingerprint density at radius 2 is 1.72 bits per heavy atom. The van der Waals surface area contributed by atoms with Crippen molar-refractivity contribution < 1.29 is 9.47 Å². The molecule has 0 atom stereocenters. The van der Waals surface area contributed by atoms with Crippen molar-refractivity contribution in [1.82, 2.24) is 10.2 Å². The molecule has 1 aliphatic heterocycles. The molecule has 1 fully saturated rings. The van der Waals surface area contributed by atoms with Crippen molar-refractivity contribution >= 4 is 5.96 Å². The Kier molecular flexibility index (Phi) is 5.77. The lowest BCUT2D eigenvalue weighted by molar-refractivity contribution is 0.379. The van der Waals surface area contributed by atoms with Gasteiger partial charge in [0.15, 0.2) is 17.5 Å². The highest BCUT2D eigenvalue weighted by molar-refractivity contribution is 5.80. The molecule has 1 saturated heterocycles. The second kappa shape index (κ2) is 8.42. The van der Waals surface area contributed by atoms with Crippen molar-refractivity contribution in [2.24, 2.45) is 4.99 Å². The molecule has 25 heavy (non-hydrogen) atoms. The van der Waals surface area contributed by atoms with Crippen LogP contribution in [-0.2, 0) is 6.54 Å². The zero-order valence-electron chi connectivity index (χ0n) is 14.9. The molecule has 132 valence electrons. The minimum atomic E-state index is 0.713. The van der Waals surface area contributed by atoms with Crippen molar-refractivity contribution in [2.75, 3.05) is 27.2 Å². The summed E-state index contributed by atoms with van der Waals surface area (Å²) in [6.45, 7) is 2.93. The highest BCUT2D eigenvalue weighted by atomic mass is 16.5. The quantitative estimate of drug-likeness (QED) is 0.667. The van der Waals surface area contributed by atoms with Gasteiger partial charge in [0.2, 0.25) is 0 Å². The van der Waals surface area contributed by atoms with E-state index in [0.29, 0.717) is 5.75 Å². The van der Waals surface area contributed by atoms with Crippen LogP contribution < -0.4 is 14.8 Å². The van der Waals surface area contributed by atoms with Crippen LogP contribution in [0.1, 0.15) is 18.4 Å². The maximum Gasteiger partial charge on any atom is 0.193 e. The van der Waals surface area contributed by atoms with Gasteiger partial charge in [0.25, 0.3) is 0 Å². The summed E-state index contributed by atoms with van der Waals surface area (Å²) in [6, 6.07) is 15.7. The van der Waals surface area contributed by atoms with Crippen molar-refractivity contribution in [3.8, 4) is 17.2 Å². The Hall–Kier alpha value is -2.69. The van der Waals surface area contributed by atoms with E-state index in [1.807, 2.05) is 43.4 Å². The number of likely N-dealkylation sites (tertiary alicyclic amines) is 1. The van der Waals surface area contributed by atoms with Gasteiger partial charge in [0.1, 0.15) is 5.75 Å². The summed E-state index contributed by atoms with van der Waals surface area (Å²) < 4.78 is 11.2. The summed E-state index contributed by atoms with van der Waals surface area (Å²) in [4.78, 5) is 6.68. The normalized spacial score (nSPS) is 14.5. The number of benzene rings is 2. The van der Waals surface area contributed by atoms with Gasteiger partial charge in [0, 0.05) is 26.7 Å². The third kappa shape index (κ3) is 4.44. The summed E-state index contributed by atoms with van der Waals surface area (Å²) in [6.07, 6.45) is 2.49. The van der Waals surface area contributed by atoms with Crippen LogP contribution in [0.25, 0.3) is 0 Å². The van der Waals surface area contributed by atoms with Gasteiger partial charge < -0.3 is 19.7 Å². The topological polar surface area (TPSA) is 46.1 Å². The lowest BCUT2D eigenvalue weighted by Gasteiger charge is -2.20. The first-order valence-corrected chi connectivity index (χ1v) is 8.65. The van der Waals surface area contributed by atoms with Crippen molar-refractivity contribution in [3.63, 3.8) is 0 Å². The summed E-state index contributed by atoms with van der Waals surface area (Å²) in [7, 11) is 3.48. The van der Waals surface area contributed by atoms with E-state index in [2.05, 4.69) is 27.3 Å². The van der Waals surface area contributed by atoms with Crippen LogP contribution >= 0.6 is 0 Å². The van der Waals surface area contributed by atoms with Crippen LogP contribution in [0.5, 0.6) is 17.2 Å². The number of ether oxygens (including phenoxy) is 2. The molecule has 5 nitrogen and oxygen atoms in total. The monoisotopic (exact) mass is 339 g/mol. The lowest BCUT2D eigenvalue weighted by Crippen LogP contribution is -2.39. The van der Waals surface area contributed by atoms with E-state index in [4.69, 9.17) is 9.47 Å². The number of hydrogen-bond donors (Lipinski definition) is 1. The highest BCUT2D eigenvalue weighted by Crippen LogP contribution is 2.30. The van der Waals surface area contributed by atoms with Gasteiger partial charge in [-0.15, -0.1) is 0 Å². The van der Waals surface area contributed by atoms with Gasteiger partial charge in [0.05, 0.1) is 7.11 Å². The molecule has 0 spiro atoms. The molecule has 1 aliphatic rings. The average Bonchev–Trinajstić information content (AvgIpc) is 3.18. The average molecular weight is 339 g/mol. The molecular formula is C20H25N3O2. The van der Waals surface area contributed by atoms with E-state index in [1.165, 1.54) is 18.4 Å². The molecule has 1 N–H and O–H groups in total. The van der Waals surface area contributed by atoms with E-state index < -0.39 is 0 Å². The van der Waals surface area contributed by atoms with Gasteiger partial charge in [-0.25, -0.2) is 0 Å². The molecule has 2 aromatic carbocycles. The Bertz CT molecular complexity index is 707. The van der Waals surface area contributed by atoms with E-state index in [-0.39, 0.29) is 0 Å². The SMILES string of the molecule is CN=C(NCc1ccc(Oc2ccccc2OC)cc1)N1CCCC1. The molecular weight excluding hydrogens is 314 g/mol. The summed E-state index contributed by atoms with van der Waals surface area (Å²) in [5.41, 5.74) is 1.19. The predicted octanol–water partition coefficient (Wildman–Crippen LogP) is 3.66. The maximum absolute atomic E-state index is 5.91. The number of hydrogen-bond acceptors (Lipinski definition) is 3. The largest absolute Gasteiger partial charge is 0.493 e. The number of nitrogens with one attached hydrogen (secondary N) is 1. The van der Waals surface area contributed by atoms with E-state index in [1.54, 1.807) is 7.11 Å². The first kappa shape index (κ1) is 17.1. The fourth-order valence-electron chi connectivity index (χ4n) is 2.95. The standard InChI is InChI=1S/C20H25N3O2/c1-21-20(23-13-5-6-14-23)22-15-16-9-11-17(12-10-16)25-19-8-4-3-7-18(19)24-2/h3-4,7-12H,5-6,13-15H2,1-2H3,(H,21,22). The van der Waals surface area contributed by atoms with Crippen molar-refractivity contribution in [3.05, 3.63) is 54.1 Å². The first-order chi connectivity index (χ1) is 12.3. The summed E-state index contributed by atoms with van der Waals surface area (Å²) in [5.74, 6) is 3.21. The molecule has 0 saturated carbocycles. The Morgan fingerprint density at radius 3 is 2.36 bits per heavy atom. The number of para-hydroxylation sites is 2. The minimum absolute atomic E-state index is 0.713. The van der Waals surface area contributed by atoms with Crippen molar-refractivity contribution in [2.45, 2.75) is 19.4 Å². The lowest BCUT2D eigenvalue weighted by atomic mass is 10.2. The Morgan fingerprint density at radius 1 is 1.04 bits per heavy atom. The molecule has 0 radical (unpaired) electrons. The zero-order valence-corrected chi connectivity index (χ0v) is 14.9. The smallest absolute Gasteiger partial charge is 0.193 e. The van der Waals surface area contributed by atoms with Gasteiger partial charge in [-0.3, -0.25) is 4.99 Å². The number of nitrogens with zero attached hydrogens (tertiary/aromatic N) is 2. The zero-order chi connectivity index (χ0) is 17.5. The van der Waals surface area contributed by atoms with Crippen LogP contribution in [0.15, 0.2) is 53.5 Å². The second-order valence-corrected chi connectivity index (χ2v) is 5.99. The number of aliphatic imine (C=N–C) groups is 1. The molecule has 0 bridgehead atoms. The summed E-state index contributed by atoms with van der Waals surface area (Å²) in [5, 5.41) is 3.43. The van der Waals surface area contributed by atoms with Gasteiger partial charge >= 0.3 is 0 Å². The maximum atomic E-state index is 5.91. The predicted molar refractivity (Wildman–Crippen MR) is 101 cm³/mol. The molecule has 5 heteroatoms. The van der Waals surface area contributed by atoms with Crippen LogP contribution in [0.3, 0.4) is 0 Å². The molecule has 0 aliphatic carbocycles. The van der Waals surface area contributed by atoms with Gasteiger partial charge in [-0.05, 0) is 42.7 Å². The fourth-order valence-corrected chi connectivity index (χ4v) is 2.95. The number of guanidine groups is 1. The molecule has 2 aromatic rings. The molecule has 3 rings (SSSR count). The minimum Gasteiger partial charge on any atom is -0.493 e. The fraction of sp³-hybridized carbons (Fsp3) is 0.350. The van der Waals surface area contributed by atoms with Crippen molar-refractivity contribution in [1.29, 1.82) is 0 Å². The van der Waals surface area contributed by atoms with Crippen LogP contribution in [-0.4, -0.2) is 38.1 Å². The van der Waals surface area contributed by atoms with Gasteiger partial charge in [-0.1, -0.05) is 24.3 Å². The van der Waals surface area contributed by atoms with Gasteiger partial charge in [-0.2, -0.15) is 0 Å². The molecule has 0 aromatic heterocycles. The molecule has 0 unspecified atom stereocenters. The van der Waals surface area contributed by atoms with E-state index in [0.717, 1.165) is 37.1 Å². The van der Waals surface area contributed by atoms with Crippen LogP contribution in [0, 0.1) is 0 Å². The molecule has 1 heterocycles. The van der Waals surface area contributed by atoms with E-state index >= 15 is 0 Å². The second-order valence-electron chi connectivity index (χ2n) is 5.99. The van der Waals surface area contributed by atoms with Crippen LogP contribution in [0.2, 0.25) is 0 Å². The van der Waals surface area contributed by atoms with E-state index in [9.17, 15) is 0 Å². The highest BCUT2D eigenvalue weighted by Gasteiger charge is 2.15. The third-order valence-corrected chi connectivity index (χ3v) is 4.29. The Labute approximate surface area is 149 Å². The number of methoxy groups -OCH3 is 1. The number of rotatable bonds is 5. The molecule has 0 amide bonds. The first-order valence-electron chi connectivity index (χ1n) is 8.65. The van der Waals surface area contributed by atoms with Crippen LogP contribution in [0.4, 0.5) is 0 Å². The summed E-state index contributed by atoms with van der Waals surface area (Å²) >= 11 is 0. The Balaban J connectivity index is 1.58. The third-order valence-electron chi connectivity index (χ3n) is 4.29.